The minimum absolute atomic E-state index is 0.0254. The van der Waals surface area contributed by atoms with Crippen LogP contribution in [0.2, 0.25) is 0 Å². The summed E-state index contributed by atoms with van der Waals surface area (Å²) >= 11 is 1.29. The number of hydrogen-bond donors (Lipinski definition) is 1. The number of methoxy groups -OCH3 is 1. The van der Waals surface area contributed by atoms with Crippen LogP contribution in [0.1, 0.15) is 51.8 Å². The number of hydrogen-bond acceptors (Lipinski definition) is 4. The van der Waals surface area contributed by atoms with Gasteiger partial charge in [-0.1, -0.05) is 39.5 Å². The molecule has 2 rings (SSSR count). The van der Waals surface area contributed by atoms with Crippen LogP contribution in [0, 0.1) is 5.41 Å². The van der Waals surface area contributed by atoms with Crippen molar-refractivity contribution in [3.05, 3.63) is 11.9 Å². The first-order valence-corrected chi connectivity index (χ1v) is 8.22. The number of nitrogens with zero attached hydrogens (tertiary/aromatic N) is 2. The van der Waals surface area contributed by atoms with E-state index in [0.29, 0.717) is 12.0 Å². The van der Waals surface area contributed by atoms with Gasteiger partial charge in [0.15, 0.2) is 5.16 Å². The SMILES string of the molecule is COC1CC(n2c(C(C)C)cnc2SCC(=O)O)C1(C)C. The average molecular weight is 312 g/mol. The summed E-state index contributed by atoms with van der Waals surface area (Å²) in [4.78, 5) is 15.3. The lowest BCUT2D eigenvalue weighted by molar-refractivity contribution is -0.133. The van der Waals surface area contributed by atoms with E-state index < -0.39 is 5.97 Å². The standard InChI is InChI=1S/C15H24N2O3S/c1-9(2)10-7-16-14(21-8-13(18)19)17(10)11-6-12(20-5)15(11,3)4/h7,9,11-12H,6,8H2,1-5H3,(H,18,19). The molecule has 0 saturated heterocycles. The number of thioether (sulfide) groups is 1. The molecule has 0 amide bonds. The predicted octanol–water partition coefficient (Wildman–Crippen LogP) is 3.17. The second kappa shape index (κ2) is 6.01. The molecule has 1 saturated carbocycles. The van der Waals surface area contributed by atoms with Crippen molar-refractivity contribution in [2.24, 2.45) is 5.41 Å². The first kappa shape index (κ1) is 16.4. The van der Waals surface area contributed by atoms with Crippen LogP contribution in [0.25, 0.3) is 0 Å². The van der Waals surface area contributed by atoms with Crippen molar-refractivity contribution in [3.63, 3.8) is 0 Å². The number of rotatable bonds is 6. The zero-order valence-electron chi connectivity index (χ0n) is 13.3. The van der Waals surface area contributed by atoms with Crippen LogP contribution in [0.3, 0.4) is 0 Å². The summed E-state index contributed by atoms with van der Waals surface area (Å²) < 4.78 is 7.76. The Morgan fingerprint density at radius 3 is 2.76 bits per heavy atom. The van der Waals surface area contributed by atoms with Crippen LogP contribution in [-0.4, -0.2) is 39.6 Å². The second-order valence-electron chi connectivity index (χ2n) is 6.47. The van der Waals surface area contributed by atoms with Gasteiger partial charge >= 0.3 is 5.97 Å². The molecule has 2 unspecified atom stereocenters. The Kier molecular flexibility index (Phi) is 4.68. The van der Waals surface area contributed by atoms with Gasteiger partial charge in [-0.15, -0.1) is 0 Å². The first-order chi connectivity index (χ1) is 9.78. The molecule has 0 spiro atoms. The minimum atomic E-state index is -0.816. The van der Waals surface area contributed by atoms with Gasteiger partial charge in [0.1, 0.15) is 0 Å². The number of carbonyl (C=O) groups is 1. The quantitative estimate of drug-likeness (QED) is 0.817. The molecule has 21 heavy (non-hydrogen) atoms. The third kappa shape index (κ3) is 2.97. The summed E-state index contributed by atoms with van der Waals surface area (Å²) in [5.41, 5.74) is 1.19. The molecule has 1 N–H and O–H groups in total. The van der Waals surface area contributed by atoms with Gasteiger partial charge in [-0.3, -0.25) is 4.79 Å². The third-order valence-corrected chi connectivity index (χ3v) is 5.38. The third-order valence-electron chi connectivity index (χ3n) is 4.43. The summed E-state index contributed by atoms with van der Waals surface area (Å²) in [5.74, 6) is -0.424. The van der Waals surface area contributed by atoms with Crippen molar-refractivity contribution < 1.29 is 14.6 Å². The number of carboxylic acid groups (broad SMARTS) is 1. The van der Waals surface area contributed by atoms with Gasteiger partial charge < -0.3 is 14.4 Å². The first-order valence-electron chi connectivity index (χ1n) is 7.23. The van der Waals surface area contributed by atoms with Gasteiger partial charge in [0, 0.05) is 30.5 Å². The van der Waals surface area contributed by atoms with Gasteiger partial charge in [0.05, 0.1) is 11.9 Å². The highest BCUT2D eigenvalue weighted by Crippen LogP contribution is 2.53. The zero-order valence-corrected chi connectivity index (χ0v) is 14.1. The lowest BCUT2D eigenvalue weighted by Crippen LogP contribution is -2.51. The zero-order chi connectivity index (χ0) is 15.8. The van der Waals surface area contributed by atoms with E-state index in [1.54, 1.807) is 7.11 Å². The molecule has 2 atom stereocenters. The van der Waals surface area contributed by atoms with Crippen molar-refractivity contribution in [2.75, 3.05) is 12.9 Å². The lowest BCUT2D eigenvalue weighted by atomic mass is 9.64. The predicted molar refractivity (Wildman–Crippen MR) is 82.9 cm³/mol. The molecule has 0 aromatic carbocycles. The largest absolute Gasteiger partial charge is 0.481 e. The molecule has 0 radical (unpaired) electrons. The van der Waals surface area contributed by atoms with E-state index in [0.717, 1.165) is 17.3 Å². The van der Waals surface area contributed by atoms with E-state index in [4.69, 9.17) is 9.84 Å². The average Bonchev–Trinajstić information content (AvgIpc) is 2.79. The molecule has 6 heteroatoms. The van der Waals surface area contributed by atoms with Crippen LogP contribution in [0.15, 0.2) is 11.4 Å². The van der Waals surface area contributed by atoms with Crippen LogP contribution < -0.4 is 0 Å². The van der Waals surface area contributed by atoms with Gasteiger partial charge in [-0.25, -0.2) is 4.98 Å². The van der Waals surface area contributed by atoms with E-state index in [-0.39, 0.29) is 17.3 Å². The fourth-order valence-corrected chi connectivity index (χ4v) is 3.78. The molecule has 0 aliphatic heterocycles. The Hall–Kier alpha value is -1.01. The number of carboxylic acids is 1. The van der Waals surface area contributed by atoms with Gasteiger partial charge in [-0.2, -0.15) is 0 Å². The highest BCUT2D eigenvalue weighted by Gasteiger charge is 2.50. The molecule has 1 aromatic heterocycles. The Labute approximate surface area is 130 Å². The fraction of sp³-hybridized carbons (Fsp3) is 0.733. The molecule has 0 bridgehead atoms. The molecule has 1 aliphatic rings. The van der Waals surface area contributed by atoms with E-state index in [1.807, 2.05) is 6.20 Å². The number of aliphatic carboxylic acids is 1. The summed E-state index contributed by atoms with van der Waals surface area (Å²) in [6.07, 6.45) is 3.06. The number of aromatic nitrogens is 2. The molecular formula is C15H24N2O3S. The summed E-state index contributed by atoms with van der Waals surface area (Å²) in [5, 5.41) is 9.70. The maximum absolute atomic E-state index is 10.8. The lowest BCUT2D eigenvalue weighted by Gasteiger charge is -2.52. The summed E-state index contributed by atoms with van der Waals surface area (Å²) in [6, 6.07) is 0.304. The topological polar surface area (TPSA) is 64.4 Å². The highest BCUT2D eigenvalue weighted by atomic mass is 32.2. The monoisotopic (exact) mass is 312 g/mol. The van der Waals surface area contributed by atoms with Gasteiger partial charge in [0.25, 0.3) is 0 Å². The summed E-state index contributed by atoms with van der Waals surface area (Å²) in [7, 11) is 1.75. The van der Waals surface area contributed by atoms with Crippen LogP contribution in [0.5, 0.6) is 0 Å². The van der Waals surface area contributed by atoms with Gasteiger partial charge in [-0.05, 0) is 12.3 Å². The smallest absolute Gasteiger partial charge is 0.313 e. The van der Waals surface area contributed by atoms with Crippen molar-refractivity contribution in [1.82, 2.24) is 9.55 Å². The normalized spacial score (nSPS) is 24.1. The molecule has 1 heterocycles. The second-order valence-corrected chi connectivity index (χ2v) is 7.41. The Morgan fingerprint density at radius 1 is 1.62 bits per heavy atom. The summed E-state index contributed by atoms with van der Waals surface area (Å²) in [6.45, 7) is 8.67. The maximum Gasteiger partial charge on any atom is 0.313 e. The molecule has 118 valence electrons. The van der Waals surface area contributed by atoms with Crippen LogP contribution in [-0.2, 0) is 9.53 Å². The minimum Gasteiger partial charge on any atom is -0.481 e. The maximum atomic E-state index is 10.8. The Morgan fingerprint density at radius 2 is 2.29 bits per heavy atom. The van der Waals surface area contributed by atoms with Gasteiger partial charge in [0.2, 0.25) is 0 Å². The molecule has 1 fully saturated rings. The Bertz CT molecular complexity index is 525. The van der Waals surface area contributed by atoms with Crippen molar-refractivity contribution in [1.29, 1.82) is 0 Å². The molecule has 5 nitrogen and oxygen atoms in total. The van der Waals surface area contributed by atoms with Crippen molar-refractivity contribution in [2.45, 2.75) is 57.3 Å². The molecule has 1 aromatic rings. The molecular weight excluding hydrogens is 288 g/mol. The fourth-order valence-electron chi connectivity index (χ4n) is 3.03. The van der Waals surface area contributed by atoms with E-state index >= 15 is 0 Å². The Balaban J connectivity index is 2.32. The number of imidazole rings is 1. The van der Waals surface area contributed by atoms with E-state index in [1.165, 1.54) is 11.8 Å². The highest BCUT2D eigenvalue weighted by molar-refractivity contribution is 7.99. The van der Waals surface area contributed by atoms with Crippen LogP contribution in [0.4, 0.5) is 0 Å². The number of ether oxygens (including phenoxy) is 1. The molecule has 1 aliphatic carbocycles. The van der Waals surface area contributed by atoms with Crippen LogP contribution >= 0.6 is 11.8 Å². The van der Waals surface area contributed by atoms with E-state index in [2.05, 4.69) is 37.2 Å². The van der Waals surface area contributed by atoms with Crippen molar-refractivity contribution >= 4 is 17.7 Å². The van der Waals surface area contributed by atoms with Crippen molar-refractivity contribution in [3.8, 4) is 0 Å². The van der Waals surface area contributed by atoms with E-state index in [9.17, 15) is 4.79 Å².